The predicted octanol–water partition coefficient (Wildman–Crippen LogP) is 1.59. The minimum atomic E-state index is 0.355. The van der Waals surface area contributed by atoms with Gasteiger partial charge in [0.15, 0.2) is 11.5 Å². The average molecular weight is 294 g/mol. The standard InChI is InChI=1S/C15H22N2O2S/c1-18-15-8-12(9-17-6-4-16-5-7-17)2-3-14(15)19-13-10-20-11-13/h2-3,8,13,16H,4-7,9-11H2,1H3. The highest BCUT2D eigenvalue weighted by molar-refractivity contribution is 8.00. The Bertz CT molecular complexity index is 445. The average Bonchev–Trinajstić information content (AvgIpc) is 2.45. The summed E-state index contributed by atoms with van der Waals surface area (Å²) in [5.74, 6) is 3.91. The zero-order valence-electron chi connectivity index (χ0n) is 11.9. The molecule has 20 heavy (non-hydrogen) atoms. The van der Waals surface area contributed by atoms with Gasteiger partial charge in [0.25, 0.3) is 0 Å². The van der Waals surface area contributed by atoms with Crippen LogP contribution in [-0.4, -0.2) is 55.8 Å². The monoisotopic (exact) mass is 294 g/mol. The molecule has 0 spiro atoms. The van der Waals surface area contributed by atoms with Crippen LogP contribution in [0.15, 0.2) is 18.2 Å². The summed E-state index contributed by atoms with van der Waals surface area (Å²) in [6.45, 7) is 5.37. The number of nitrogens with one attached hydrogen (secondary N) is 1. The fourth-order valence-electron chi connectivity index (χ4n) is 2.50. The Morgan fingerprint density at radius 3 is 2.70 bits per heavy atom. The van der Waals surface area contributed by atoms with Crippen LogP contribution in [0.1, 0.15) is 5.56 Å². The van der Waals surface area contributed by atoms with Crippen molar-refractivity contribution < 1.29 is 9.47 Å². The first-order valence-corrected chi connectivity index (χ1v) is 8.35. The molecule has 0 radical (unpaired) electrons. The van der Waals surface area contributed by atoms with Crippen LogP contribution < -0.4 is 14.8 Å². The first kappa shape index (κ1) is 14.0. The minimum absolute atomic E-state index is 0.355. The van der Waals surface area contributed by atoms with E-state index < -0.39 is 0 Å². The number of methoxy groups -OCH3 is 1. The molecule has 2 aliphatic heterocycles. The molecule has 5 heteroatoms. The molecule has 2 heterocycles. The third-order valence-corrected chi connectivity index (χ3v) is 4.96. The van der Waals surface area contributed by atoms with Gasteiger partial charge in [0, 0.05) is 44.2 Å². The van der Waals surface area contributed by atoms with Crippen molar-refractivity contribution in [3.05, 3.63) is 23.8 Å². The van der Waals surface area contributed by atoms with E-state index in [-0.39, 0.29) is 0 Å². The quantitative estimate of drug-likeness (QED) is 0.892. The Labute approximate surface area is 124 Å². The van der Waals surface area contributed by atoms with Gasteiger partial charge in [-0.3, -0.25) is 4.90 Å². The number of thioether (sulfide) groups is 1. The van der Waals surface area contributed by atoms with Crippen LogP contribution in [0.2, 0.25) is 0 Å². The number of hydrogen-bond donors (Lipinski definition) is 1. The predicted molar refractivity (Wildman–Crippen MR) is 82.9 cm³/mol. The SMILES string of the molecule is COc1cc(CN2CCNCC2)ccc1OC1CSC1. The third kappa shape index (κ3) is 3.40. The number of piperazine rings is 1. The number of hydrogen-bond acceptors (Lipinski definition) is 5. The van der Waals surface area contributed by atoms with Gasteiger partial charge < -0.3 is 14.8 Å². The molecule has 0 saturated carbocycles. The summed E-state index contributed by atoms with van der Waals surface area (Å²) in [6.07, 6.45) is 0.355. The summed E-state index contributed by atoms with van der Waals surface area (Å²) >= 11 is 1.93. The van der Waals surface area contributed by atoms with Crippen LogP contribution in [0.3, 0.4) is 0 Å². The van der Waals surface area contributed by atoms with Gasteiger partial charge in [0.2, 0.25) is 0 Å². The minimum Gasteiger partial charge on any atom is -0.493 e. The molecular formula is C15H22N2O2S. The van der Waals surface area contributed by atoms with E-state index in [4.69, 9.17) is 9.47 Å². The van der Waals surface area contributed by atoms with Gasteiger partial charge in [0.05, 0.1) is 7.11 Å². The van der Waals surface area contributed by atoms with Crippen molar-refractivity contribution in [1.29, 1.82) is 0 Å². The summed E-state index contributed by atoms with van der Waals surface area (Å²) in [7, 11) is 1.71. The Morgan fingerprint density at radius 2 is 2.05 bits per heavy atom. The molecule has 0 aliphatic carbocycles. The maximum absolute atomic E-state index is 5.95. The molecular weight excluding hydrogens is 272 g/mol. The molecule has 3 rings (SSSR count). The second kappa shape index (κ2) is 6.70. The fraction of sp³-hybridized carbons (Fsp3) is 0.600. The molecule has 4 nitrogen and oxygen atoms in total. The first-order chi connectivity index (χ1) is 9.85. The van der Waals surface area contributed by atoms with Crippen LogP contribution in [0, 0.1) is 0 Å². The highest BCUT2D eigenvalue weighted by atomic mass is 32.2. The second-order valence-corrected chi connectivity index (χ2v) is 6.36. The lowest BCUT2D eigenvalue weighted by Crippen LogP contribution is -2.42. The van der Waals surface area contributed by atoms with E-state index in [0.29, 0.717) is 6.10 Å². The molecule has 2 saturated heterocycles. The van der Waals surface area contributed by atoms with E-state index in [0.717, 1.165) is 55.7 Å². The van der Waals surface area contributed by atoms with E-state index in [1.165, 1.54) is 5.56 Å². The number of nitrogens with zero attached hydrogens (tertiary/aromatic N) is 1. The van der Waals surface area contributed by atoms with Gasteiger partial charge in [-0.2, -0.15) is 11.8 Å². The van der Waals surface area contributed by atoms with Crippen molar-refractivity contribution in [3.63, 3.8) is 0 Å². The lowest BCUT2D eigenvalue weighted by atomic mass is 10.1. The van der Waals surface area contributed by atoms with Crippen LogP contribution in [0.4, 0.5) is 0 Å². The van der Waals surface area contributed by atoms with Gasteiger partial charge in [-0.1, -0.05) is 6.07 Å². The summed E-state index contributed by atoms with van der Waals surface area (Å²) in [5.41, 5.74) is 1.29. The summed E-state index contributed by atoms with van der Waals surface area (Å²) in [5, 5.41) is 3.38. The normalized spacial score (nSPS) is 20.4. The van der Waals surface area contributed by atoms with Gasteiger partial charge in [-0.25, -0.2) is 0 Å². The van der Waals surface area contributed by atoms with Crippen LogP contribution >= 0.6 is 11.8 Å². The van der Waals surface area contributed by atoms with Gasteiger partial charge in [-0.05, 0) is 17.7 Å². The van der Waals surface area contributed by atoms with E-state index >= 15 is 0 Å². The molecule has 110 valence electrons. The highest BCUT2D eigenvalue weighted by Crippen LogP contribution is 2.32. The Hall–Kier alpha value is -0.910. The number of ether oxygens (including phenoxy) is 2. The van der Waals surface area contributed by atoms with E-state index in [1.807, 2.05) is 11.8 Å². The molecule has 0 atom stereocenters. The molecule has 0 aromatic heterocycles. The highest BCUT2D eigenvalue weighted by Gasteiger charge is 2.21. The van der Waals surface area contributed by atoms with E-state index in [9.17, 15) is 0 Å². The molecule has 1 aromatic rings. The number of rotatable bonds is 5. The zero-order chi connectivity index (χ0) is 13.8. The van der Waals surface area contributed by atoms with Crippen molar-refractivity contribution >= 4 is 11.8 Å². The molecule has 2 aliphatic rings. The van der Waals surface area contributed by atoms with Crippen molar-refractivity contribution in [1.82, 2.24) is 10.2 Å². The van der Waals surface area contributed by atoms with Crippen molar-refractivity contribution in [3.8, 4) is 11.5 Å². The summed E-state index contributed by atoms with van der Waals surface area (Å²) in [6, 6.07) is 6.33. The molecule has 2 fully saturated rings. The van der Waals surface area contributed by atoms with E-state index in [1.54, 1.807) is 7.11 Å². The van der Waals surface area contributed by atoms with Gasteiger partial charge >= 0.3 is 0 Å². The molecule has 0 bridgehead atoms. The fourth-order valence-corrected chi connectivity index (χ4v) is 3.06. The lowest BCUT2D eigenvalue weighted by Gasteiger charge is -2.28. The molecule has 0 unspecified atom stereocenters. The molecule has 0 amide bonds. The van der Waals surface area contributed by atoms with Crippen molar-refractivity contribution in [2.45, 2.75) is 12.6 Å². The zero-order valence-corrected chi connectivity index (χ0v) is 12.7. The summed E-state index contributed by atoms with van der Waals surface area (Å²) < 4.78 is 11.4. The molecule has 1 aromatic carbocycles. The Morgan fingerprint density at radius 1 is 1.25 bits per heavy atom. The topological polar surface area (TPSA) is 33.7 Å². The Balaban J connectivity index is 1.65. The maximum atomic E-state index is 5.95. The number of benzene rings is 1. The summed E-state index contributed by atoms with van der Waals surface area (Å²) in [4.78, 5) is 2.47. The van der Waals surface area contributed by atoms with Crippen LogP contribution in [-0.2, 0) is 6.54 Å². The molecule has 1 N–H and O–H groups in total. The third-order valence-electron chi connectivity index (χ3n) is 3.74. The van der Waals surface area contributed by atoms with Crippen LogP contribution in [0.5, 0.6) is 11.5 Å². The second-order valence-electron chi connectivity index (χ2n) is 5.29. The van der Waals surface area contributed by atoms with Crippen LogP contribution in [0.25, 0.3) is 0 Å². The lowest BCUT2D eigenvalue weighted by molar-refractivity contribution is 0.225. The Kier molecular flexibility index (Phi) is 4.70. The van der Waals surface area contributed by atoms with Gasteiger partial charge in [-0.15, -0.1) is 0 Å². The van der Waals surface area contributed by atoms with E-state index in [2.05, 4.69) is 28.4 Å². The first-order valence-electron chi connectivity index (χ1n) is 7.19. The maximum Gasteiger partial charge on any atom is 0.161 e. The van der Waals surface area contributed by atoms with Crippen molar-refractivity contribution in [2.75, 3.05) is 44.8 Å². The smallest absolute Gasteiger partial charge is 0.161 e. The van der Waals surface area contributed by atoms with Crippen molar-refractivity contribution in [2.24, 2.45) is 0 Å². The largest absolute Gasteiger partial charge is 0.493 e. The van der Waals surface area contributed by atoms with Gasteiger partial charge in [0.1, 0.15) is 6.10 Å².